The van der Waals surface area contributed by atoms with Crippen LogP contribution in [0.5, 0.6) is 0 Å². The van der Waals surface area contributed by atoms with E-state index in [2.05, 4.69) is 41.2 Å². The number of carbonyl (C=O) groups is 1. The maximum atomic E-state index is 12.7. The quantitative estimate of drug-likeness (QED) is 0.831. The van der Waals surface area contributed by atoms with Crippen LogP contribution in [-0.4, -0.2) is 42.2 Å². The summed E-state index contributed by atoms with van der Waals surface area (Å²) in [5.41, 5.74) is 7.39. The zero-order chi connectivity index (χ0) is 19.7. The number of rotatable bonds is 4. The molecule has 6 nitrogen and oxygen atoms in total. The Kier molecular flexibility index (Phi) is 5.88. The van der Waals surface area contributed by atoms with Gasteiger partial charge in [-0.3, -0.25) is 4.79 Å². The van der Waals surface area contributed by atoms with E-state index in [1.165, 1.54) is 19.3 Å². The summed E-state index contributed by atoms with van der Waals surface area (Å²) in [4.78, 5) is 19.6. The predicted octanol–water partition coefficient (Wildman–Crippen LogP) is 2.46. The van der Waals surface area contributed by atoms with E-state index in [1.54, 1.807) is 0 Å². The molecule has 1 saturated heterocycles. The first-order valence-corrected chi connectivity index (χ1v) is 10.9. The van der Waals surface area contributed by atoms with Crippen LogP contribution in [0.25, 0.3) is 0 Å². The number of aromatic nitrogens is 1. The number of nitrogens with two attached hydrogens (primary N) is 1. The number of carbonyl (C=O) groups excluding carboxylic acids is 1. The van der Waals surface area contributed by atoms with Gasteiger partial charge in [0, 0.05) is 37.8 Å². The van der Waals surface area contributed by atoms with Crippen molar-refractivity contribution in [1.82, 2.24) is 10.3 Å². The maximum Gasteiger partial charge on any atom is 0.223 e. The third-order valence-corrected chi connectivity index (χ3v) is 6.80. The van der Waals surface area contributed by atoms with Gasteiger partial charge in [-0.15, -0.1) is 0 Å². The molecule has 0 radical (unpaired) electrons. The van der Waals surface area contributed by atoms with E-state index in [-0.39, 0.29) is 24.0 Å². The van der Waals surface area contributed by atoms with Gasteiger partial charge in [-0.1, -0.05) is 12.5 Å². The van der Waals surface area contributed by atoms with Crippen molar-refractivity contribution >= 4 is 11.7 Å². The maximum absolute atomic E-state index is 12.7. The van der Waals surface area contributed by atoms with Crippen molar-refractivity contribution < 1.29 is 9.53 Å². The number of hydrogen-bond acceptors (Lipinski definition) is 5. The molecule has 2 bridgehead atoms. The molecular weight excluding hydrogens is 352 g/mol. The third kappa shape index (κ3) is 4.33. The third-order valence-electron chi connectivity index (χ3n) is 6.80. The number of amides is 1. The lowest BCUT2D eigenvalue weighted by atomic mass is 9.65. The van der Waals surface area contributed by atoms with Crippen LogP contribution in [0.4, 0.5) is 5.82 Å². The molecule has 2 aliphatic carbocycles. The fraction of sp³-hybridized carbons (Fsp3) is 0.727. The van der Waals surface area contributed by atoms with Crippen molar-refractivity contribution in [3.8, 4) is 0 Å². The Bertz CT molecular complexity index is 656. The summed E-state index contributed by atoms with van der Waals surface area (Å²) in [7, 11) is 0. The van der Waals surface area contributed by atoms with Crippen molar-refractivity contribution in [3.05, 3.63) is 23.9 Å². The first-order valence-electron chi connectivity index (χ1n) is 10.9. The van der Waals surface area contributed by atoms with Crippen LogP contribution < -0.4 is 16.0 Å². The van der Waals surface area contributed by atoms with Gasteiger partial charge in [-0.2, -0.15) is 0 Å². The van der Waals surface area contributed by atoms with Gasteiger partial charge in [0.15, 0.2) is 0 Å². The van der Waals surface area contributed by atoms with E-state index in [0.29, 0.717) is 24.4 Å². The summed E-state index contributed by atoms with van der Waals surface area (Å²) >= 11 is 0. The van der Waals surface area contributed by atoms with Gasteiger partial charge in [0.2, 0.25) is 5.91 Å². The van der Waals surface area contributed by atoms with Crippen molar-refractivity contribution in [2.24, 2.45) is 23.5 Å². The fourth-order valence-corrected chi connectivity index (χ4v) is 5.41. The zero-order valence-electron chi connectivity index (χ0n) is 17.1. The minimum absolute atomic E-state index is 0.124. The largest absolute Gasteiger partial charge is 0.372 e. The molecule has 3 fully saturated rings. The van der Waals surface area contributed by atoms with E-state index < -0.39 is 0 Å². The zero-order valence-corrected chi connectivity index (χ0v) is 17.1. The Morgan fingerprint density at radius 3 is 2.50 bits per heavy atom. The van der Waals surface area contributed by atoms with Crippen molar-refractivity contribution in [3.63, 3.8) is 0 Å². The van der Waals surface area contributed by atoms with Gasteiger partial charge >= 0.3 is 0 Å². The molecule has 154 valence electrons. The van der Waals surface area contributed by atoms with Crippen molar-refractivity contribution in [2.75, 3.05) is 18.0 Å². The van der Waals surface area contributed by atoms with Crippen LogP contribution >= 0.6 is 0 Å². The summed E-state index contributed by atoms with van der Waals surface area (Å²) in [5, 5.41) is 3.13. The second-order valence-electron chi connectivity index (χ2n) is 9.10. The molecule has 1 amide bonds. The summed E-state index contributed by atoms with van der Waals surface area (Å²) < 4.78 is 5.79. The van der Waals surface area contributed by atoms with Gasteiger partial charge in [0.1, 0.15) is 5.82 Å². The van der Waals surface area contributed by atoms with Gasteiger partial charge in [-0.05, 0) is 63.0 Å². The molecule has 1 aromatic rings. The molecule has 2 saturated carbocycles. The molecule has 0 aromatic carbocycles. The van der Waals surface area contributed by atoms with Crippen LogP contribution in [0.1, 0.15) is 51.5 Å². The summed E-state index contributed by atoms with van der Waals surface area (Å²) in [6, 6.07) is 4.43. The van der Waals surface area contributed by atoms with Crippen LogP contribution in [0.15, 0.2) is 18.3 Å². The first-order chi connectivity index (χ1) is 13.5. The molecule has 3 N–H and O–H groups in total. The lowest BCUT2D eigenvalue weighted by Crippen LogP contribution is -2.49. The molecule has 6 heteroatoms. The number of hydrogen-bond donors (Lipinski definition) is 2. The number of anilines is 1. The van der Waals surface area contributed by atoms with Gasteiger partial charge in [0.25, 0.3) is 0 Å². The molecule has 4 atom stereocenters. The highest BCUT2D eigenvalue weighted by atomic mass is 16.5. The average Bonchev–Trinajstić information content (AvgIpc) is 2.65. The Balaban J connectivity index is 1.30. The fourth-order valence-electron chi connectivity index (χ4n) is 5.41. The number of fused-ring (bicyclic) bond motifs is 2. The lowest BCUT2D eigenvalue weighted by Gasteiger charge is -2.43. The lowest BCUT2D eigenvalue weighted by molar-refractivity contribution is -0.128. The van der Waals surface area contributed by atoms with Crippen molar-refractivity contribution in [1.29, 1.82) is 0 Å². The standard InChI is InChI=1S/C22H34N4O2/c1-14-12-26(13-15(2)28-14)20-7-6-16(10-24-20)11-25-22(27)19-8-17-4-3-5-18(9-19)21(17)23/h6-7,10,14-15,17-19,21H,3-5,8-9,11-13,23H2,1-2H3,(H,25,27). The first kappa shape index (κ1) is 19.6. The Morgan fingerprint density at radius 1 is 1.21 bits per heavy atom. The molecule has 4 rings (SSSR count). The predicted molar refractivity (Wildman–Crippen MR) is 110 cm³/mol. The molecular formula is C22H34N4O2. The highest BCUT2D eigenvalue weighted by Gasteiger charge is 2.40. The van der Waals surface area contributed by atoms with Crippen LogP contribution in [0.3, 0.4) is 0 Å². The average molecular weight is 387 g/mol. The van der Waals surface area contributed by atoms with Gasteiger partial charge in [-0.25, -0.2) is 4.98 Å². The molecule has 1 aromatic heterocycles. The van der Waals surface area contributed by atoms with E-state index >= 15 is 0 Å². The molecule has 2 heterocycles. The summed E-state index contributed by atoms with van der Waals surface area (Å²) in [6.45, 7) is 6.46. The van der Waals surface area contributed by atoms with Crippen LogP contribution in [-0.2, 0) is 16.1 Å². The van der Waals surface area contributed by atoms with Gasteiger partial charge in [0.05, 0.1) is 12.2 Å². The monoisotopic (exact) mass is 386 g/mol. The number of ether oxygens (including phenoxy) is 1. The Morgan fingerprint density at radius 2 is 1.89 bits per heavy atom. The molecule has 28 heavy (non-hydrogen) atoms. The normalized spacial score (nSPS) is 35.5. The molecule has 1 aliphatic heterocycles. The Hall–Kier alpha value is -1.66. The van der Waals surface area contributed by atoms with E-state index in [9.17, 15) is 4.79 Å². The second kappa shape index (κ2) is 8.37. The van der Waals surface area contributed by atoms with Gasteiger partial charge < -0.3 is 20.7 Å². The van der Waals surface area contributed by atoms with Crippen LogP contribution in [0.2, 0.25) is 0 Å². The molecule has 3 aliphatic rings. The topological polar surface area (TPSA) is 80.5 Å². The SMILES string of the molecule is CC1CN(c2ccc(CNC(=O)C3CC4CCCC(C3)C4N)cn2)CC(C)O1. The highest BCUT2D eigenvalue weighted by Crippen LogP contribution is 2.41. The summed E-state index contributed by atoms with van der Waals surface area (Å²) in [5.74, 6) is 2.35. The number of nitrogens with one attached hydrogen (secondary N) is 1. The van der Waals surface area contributed by atoms with Crippen molar-refractivity contribution in [2.45, 2.75) is 70.7 Å². The second-order valence-corrected chi connectivity index (χ2v) is 9.10. The van der Waals surface area contributed by atoms with E-state index in [0.717, 1.165) is 37.3 Å². The minimum Gasteiger partial charge on any atom is -0.372 e. The minimum atomic E-state index is 0.124. The highest BCUT2D eigenvalue weighted by molar-refractivity contribution is 5.78. The molecule has 4 unspecified atom stereocenters. The number of pyridine rings is 1. The van der Waals surface area contributed by atoms with E-state index in [1.807, 2.05) is 6.20 Å². The summed E-state index contributed by atoms with van der Waals surface area (Å²) in [6.07, 6.45) is 7.86. The van der Waals surface area contributed by atoms with E-state index in [4.69, 9.17) is 10.5 Å². The van der Waals surface area contributed by atoms with Crippen LogP contribution in [0, 0.1) is 17.8 Å². The molecule has 0 spiro atoms. The smallest absolute Gasteiger partial charge is 0.223 e. The Labute approximate surface area is 168 Å². The number of nitrogens with zero attached hydrogens (tertiary/aromatic N) is 2. The number of morpholine rings is 1.